The van der Waals surface area contributed by atoms with Crippen LogP contribution in [0.5, 0.6) is 0 Å². The van der Waals surface area contributed by atoms with Crippen molar-refractivity contribution in [3.05, 3.63) is 40.3 Å². The molecule has 4 heteroatoms. The zero-order valence-corrected chi connectivity index (χ0v) is 10.9. The number of aromatic nitrogens is 2. The molecule has 0 saturated carbocycles. The molecule has 84 valence electrons. The van der Waals surface area contributed by atoms with Gasteiger partial charge in [-0.05, 0) is 26.1 Å². The minimum Gasteiger partial charge on any atom is -0.345 e. The van der Waals surface area contributed by atoms with E-state index in [-0.39, 0.29) is 0 Å². The number of H-pyrrole nitrogens is 1. The number of benzene rings is 1. The van der Waals surface area contributed by atoms with Crippen LogP contribution in [0.25, 0.3) is 11.3 Å². The zero-order valence-electron chi connectivity index (χ0n) is 9.34. The molecule has 1 heterocycles. The van der Waals surface area contributed by atoms with Gasteiger partial charge in [-0.3, -0.25) is 0 Å². The molecule has 1 aromatic heterocycles. The maximum Gasteiger partial charge on any atom is 0.103 e. The third-order valence-corrected chi connectivity index (χ3v) is 2.84. The number of hydrogen-bond donors (Lipinski definition) is 2. The second kappa shape index (κ2) is 4.80. The van der Waals surface area contributed by atoms with Gasteiger partial charge in [0.2, 0.25) is 0 Å². The lowest BCUT2D eigenvalue weighted by Gasteiger charge is -2.02. The Morgan fingerprint density at radius 1 is 1.44 bits per heavy atom. The fourth-order valence-corrected chi connectivity index (χ4v) is 2.12. The zero-order chi connectivity index (χ0) is 11.5. The summed E-state index contributed by atoms with van der Waals surface area (Å²) in [5, 5.41) is 3.14. The summed E-state index contributed by atoms with van der Waals surface area (Å²) in [4.78, 5) is 7.80. The van der Waals surface area contributed by atoms with Gasteiger partial charge in [0.25, 0.3) is 0 Å². The van der Waals surface area contributed by atoms with Crippen molar-refractivity contribution in [1.82, 2.24) is 15.3 Å². The first-order valence-corrected chi connectivity index (χ1v) is 5.96. The lowest BCUT2D eigenvalue weighted by atomic mass is 10.1. The van der Waals surface area contributed by atoms with Crippen LogP contribution in [-0.2, 0) is 6.54 Å². The molecule has 2 aromatic rings. The summed E-state index contributed by atoms with van der Waals surface area (Å²) < 4.78 is 1.07. The highest BCUT2D eigenvalue weighted by atomic mass is 79.9. The van der Waals surface area contributed by atoms with Crippen molar-refractivity contribution in [2.45, 2.75) is 13.5 Å². The normalized spacial score (nSPS) is 10.7. The van der Waals surface area contributed by atoms with Gasteiger partial charge in [0, 0.05) is 16.6 Å². The van der Waals surface area contributed by atoms with E-state index in [0.717, 1.165) is 33.8 Å². The molecule has 0 aliphatic rings. The summed E-state index contributed by atoms with van der Waals surface area (Å²) >= 11 is 3.48. The predicted octanol–water partition coefficient (Wildman–Crippen LogP) is 2.87. The summed E-state index contributed by atoms with van der Waals surface area (Å²) in [5.74, 6) is 0.945. The van der Waals surface area contributed by atoms with Gasteiger partial charge in [-0.25, -0.2) is 4.98 Å². The molecular weight excluding hydrogens is 266 g/mol. The molecule has 0 unspecified atom stereocenters. The molecule has 2 N–H and O–H groups in total. The van der Waals surface area contributed by atoms with Gasteiger partial charge in [-0.15, -0.1) is 0 Å². The highest BCUT2D eigenvalue weighted by molar-refractivity contribution is 9.10. The summed E-state index contributed by atoms with van der Waals surface area (Å²) in [5.41, 5.74) is 3.27. The van der Waals surface area contributed by atoms with E-state index in [0.29, 0.717) is 0 Å². The Hall–Kier alpha value is -1.13. The van der Waals surface area contributed by atoms with E-state index >= 15 is 0 Å². The largest absolute Gasteiger partial charge is 0.345 e. The average molecular weight is 280 g/mol. The van der Waals surface area contributed by atoms with Crippen molar-refractivity contribution in [3.63, 3.8) is 0 Å². The summed E-state index contributed by atoms with van der Waals surface area (Å²) in [7, 11) is 1.93. The number of rotatable bonds is 3. The Labute approximate surface area is 103 Å². The Morgan fingerprint density at radius 3 is 2.94 bits per heavy atom. The molecule has 0 spiro atoms. The molecule has 16 heavy (non-hydrogen) atoms. The van der Waals surface area contributed by atoms with Crippen LogP contribution in [0, 0.1) is 6.92 Å². The van der Waals surface area contributed by atoms with Crippen molar-refractivity contribution in [2.75, 3.05) is 7.05 Å². The van der Waals surface area contributed by atoms with Crippen LogP contribution in [0.4, 0.5) is 0 Å². The highest BCUT2D eigenvalue weighted by Gasteiger charge is 2.09. The molecule has 0 bridgehead atoms. The van der Waals surface area contributed by atoms with E-state index in [1.165, 1.54) is 0 Å². The number of halogens is 1. The number of aryl methyl sites for hydroxylation is 1. The van der Waals surface area contributed by atoms with Crippen LogP contribution in [0.2, 0.25) is 0 Å². The predicted molar refractivity (Wildman–Crippen MR) is 69.2 cm³/mol. The van der Waals surface area contributed by atoms with Gasteiger partial charge in [-0.2, -0.15) is 0 Å². The number of hydrogen-bond acceptors (Lipinski definition) is 2. The van der Waals surface area contributed by atoms with E-state index in [2.05, 4.69) is 43.3 Å². The molecule has 0 fully saturated rings. The minimum absolute atomic E-state index is 0.794. The van der Waals surface area contributed by atoms with Gasteiger partial charge >= 0.3 is 0 Å². The molecule has 0 amide bonds. The fraction of sp³-hybridized carbons (Fsp3) is 0.250. The van der Waals surface area contributed by atoms with Gasteiger partial charge in [0.1, 0.15) is 5.82 Å². The Bertz CT molecular complexity index is 491. The third-order valence-electron chi connectivity index (χ3n) is 2.35. The molecule has 1 aromatic carbocycles. The maximum atomic E-state index is 4.52. The molecule has 0 saturated heterocycles. The first-order chi connectivity index (χ1) is 7.70. The van der Waals surface area contributed by atoms with Crippen LogP contribution in [0.3, 0.4) is 0 Å². The standard InChI is InChI=1S/C12H14BrN3/c1-8-15-11(7-14-2)12(16-8)9-4-3-5-10(13)6-9/h3-6,14H,7H2,1-2H3,(H,15,16). The average Bonchev–Trinajstić information content (AvgIpc) is 2.60. The van der Waals surface area contributed by atoms with Crippen molar-refractivity contribution in [2.24, 2.45) is 0 Å². The smallest absolute Gasteiger partial charge is 0.103 e. The number of nitrogens with one attached hydrogen (secondary N) is 2. The second-order valence-corrected chi connectivity index (χ2v) is 4.61. The number of aromatic amines is 1. The van der Waals surface area contributed by atoms with Crippen LogP contribution in [-0.4, -0.2) is 17.0 Å². The number of nitrogens with zero attached hydrogens (tertiary/aromatic N) is 1. The fourth-order valence-electron chi connectivity index (χ4n) is 1.72. The summed E-state index contributed by atoms with van der Waals surface area (Å²) in [6, 6.07) is 8.18. The van der Waals surface area contributed by atoms with Gasteiger partial charge in [-0.1, -0.05) is 28.1 Å². The SMILES string of the molecule is CNCc1[nH]c(C)nc1-c1cccc(Br)c1. The van der Waals surface area contributed by atoms with E-state index in [4.69, 9.17) is 0 Å². The molecule has 0 aliphatic heterocycles. The van der Waals surface area contributed by atoms with Crippen molar-refractivity contribution < 1.29 is 0 Å². The van der Waals surface area contributed by atoms with Gasteiger partial charge in [0.15, 0.2) is 0 Å². The van der Waals surface area contributed by atoms with Crippen LogP contribution >= 0.6 is 15.9 Å². The van der Waals surface area contributed by atoms with Gasteiger partial charge in [0.05, 0.1) is 11.4 Å². The molecule has 0 atom stereocenters. The highest BCUT2D eigenvalue weighted by Crippen LogP contribution is 2.24. The van der Waals surface area contributed by atoms with Crippen molar-refractivity contribution in [3.8, 4) is 11.3 Å². The van der Waals surface area contributed by atoms with Crippen LogP contribution < -0.4 is 5.32 Å². The van der Waals surface area contributed by atoms with E-state index in [9.17, 15) is 0 Å². The van der Waals surface area contributed by atoms with Crippen molar-refractivity contribution in [1.29, 1.82) is 0 Å². The Morgan fingerprint density at radius 2 is 2.25 bits per heavy atom. The lowest BCUT2D eigenvalue weighted by Crippen LogP contribution is -2.06. The Kier molecular flexibility index (Phi) is 3.41. The first-order valence-electron chi connectivity index (χ1n) is 5.16. The maximum absolute atomic E-state index is 4.52. The molecule has 2 rings (SSSR count). The minimum atomic E-state index is 0.794. The number of imidazole rings is 1. The van der Waals surface area contributed by atoms with Crippen molar-refractivity contribution >= 4 is 15.9 Å². The molecule has 0 aliphatic carbocycles. The second-order valence-electron chi connectivity index (χ2n) is 3.69. The quantitative estimate of drug-likeness (QED) is 0.907. The van der Waals surface area contributed by atoms with Crippen LogP contribution in [0.15, 0.2) is 28.7 Å². The Balaban J connectivity index is 2.46. The van der Waals surface area contributed by atoms with E-state index in [1.807, 2.05) is 26.1 Å². The molecule has 0 radical (unpaired) electrons. The van der Waals surface area contributed by atoms with E-state index < -0.39 is 0 Å². The van der Waals surface area contributed by atoms with Crippen LogP contribution in [0.1, 0.15) is 11.5 Å². The molecule has 3 nitrogen and oxygen atoms in total. The summed E-state index contributed by atoms with van der Waals surface area (Å²) in [6.45, 7) is 2.77. The first kappa shape index (κ1) is 11.4. The third kappa shape index (κ3) is 2.33. The monoisotopic (exact) mass is 279 g/mol. The topological polar surface area (TPSA) is 40.7 Å². The molecular formula is C12H14BrN3. The van der Waals surface area contributed by atoms with E-state index in [1.54, 1.807) is 0 Å². The lowest BCUT2D eigenvalue weighted by molar-refractivity contribution is 0.796. The van der Waals surface area contributed by atoms with Gasteiger partial charge < -0.3 is 10.3 Å². The summed E-state index contributed by atoms with van der Waals surface area (Å²) in [6.07, 6.45) is 0.